The van der Waals surface area contributed by atoms with E-state index in [2.05, 4.69) is 18.8 Å². The molecule has 0 aliphatic rings. The van der Waals surface area contributed by atoms with Gasteiger partial charge in [0.15, 0.2) is 5.82 Å². The summed E-state index contributed by atoms with van der Waals surface area (Å²) < 4.78 is 32.8. The third-order valence-corrected chi connectivity index (χ3v) is 5.56. The SMILES string of the molecule is Cc1ccc(S(=O)(=O)n2ccnc2-c2ccc(OCC(C)C)cc2)cc1. The molecule has 0 bridgehead atoms. The van der Waals surface area contributed by atoms with E-state index < -0.39 is 10.0 Å². The number of aromatic nitrogens is 2. The molecule has 0 saturated carbocycles. The van der Waals surface area contributed by atoms with Crippen LogP contribution < -0.4 is 4.74 Å². The van der Waals surface area contributed by atoms with E-state index in [1.54, 1.807) is 24.3 Å². The molecule has 6 heteroatoms. The minimum atomic E-state index is -3.70. The van der Waals surface area contributed by atoms with Crippen LogP contribution in [0.25, 0.3) is 11.4 Å². The van der Waals surface area contributed by atoms with Gasteiger partial charge >= 0.3 is 0 Å². The third kappa shape index (κ3) is 3.80. The van der Waals surface area contributed by atoms with Crippen molar-refractivity contribution in [3.63, 3.8) is 0 Å². The van der Waals surface area contributed by atoms with Crippen LogP contribution in [0.2, 0.25) is 0 Å². The highest BCUT2D eigenvalue weighted by Gasteiger charge is 2.21. The van der Waals surface area contributed by atoms with Crippen LogP contribution in [0.15, 0.2) is 65.8 Å². The Balaban J connectivity index is 1.92. The smallest absolute Gasteiger partial charge is 0.269 e. The fourth-order valence-electron chi connectivity index (χ4n) is 2.47. The van der Waals surface area contributed by atoms with Crippen molar-refractivity contribution in [3.05, 3.63) is 66.5 Å². The molecule has 0 fully saturated rings. The minimum Gasteiger partial charge on any atom is -0.493 e. The standard InChI is InChI=1S/C20H22N2O3S/c1-15(2)14-25-18-8-6-17(7-9-18)20-21-12-13-22(20)26(23,24)19-10-4-16(3)5-11-19/h4-13,15H,14H2,1-3H3. The van der Waals surface area contributed by atoms with Crippen LogP contribution in [0.5, 0.6) is 5.75 Å². The van der Waals surface area contributed by atoms with Crippen LogP contribution >= 0.6 is 0 Å². The number of ether oxygens (including phenoxy) is 1. The van der Waals surface area contributed by atoms with Gasteiger partial charge in [0.1, 0.15) is 5.75 Å². The van der Waals surface area contributed by atoms with Crippen molar-refractivity contribution in [2.45, 2.75) is 25.7 Å². The van der Waals surface area contributed by atoms with Gasteiger partial charge in [-0.2, -0.15) is 0 Å². The molecule has 0 atom stereocenters. The van der Waals surface area contributed by atoms with Crippen molar-refractivity contribution >= 4 is 10.0 Å². The molecular weight excluding hydrogens is 348 g/mol. The maximum atomic E-state index is 12.9. The lowest BCUT2D eigenvalue weighted by molar-refractivity contribution is 0.271. The van der Waals surface area contributed by atoms with Crippen LogP contribution in [-0.4, -0.2) is 24.0 Å². The number of rotatable bonds is 6. The van der Waals surface area contributed by atoms with E-state index in [-0.39, 0.29) is 4.90 Å². The van der Waals surface area contributed by atoms with Gasteiger partial charge in [0.25, 0.3) is 10.0 Å². The first kappa shape index (κ1) is 18.2. The normalized spacial score (nSPS) is 11.7. The summed E-state index contributed by atoms with van der Waals surface area (Å²) >= 11 is 0. The van der Waals surface area contributed by atoms with E-state index in [4.69, 9.17) is 4.74 Å². The summed E-state index contributed by atoms with van der Waals surface area (Å²) in [5.41, 5.74) is 1.72. The van der Waals surface area contributed by atoms with Gasteiger partial charge in [0.05, 0.1) is 11.5 Å². The Morgan fingerprint density at radius 2 is 1.69 bits per heavy atom. The zero-order valence-corrected chi connectivity index (χ0v) is 15.9. The molecule has 0 amide bonds. The maximum absolute atomic E-state index is 12.9. The summed E-state index contributed by atoms with van der Waals surface area (Å²) in [6.07, 6.45) is 2.96. The van der Waals surface area contributed by atoms with E-state index in [1.807, 2.05) is 31.2 Å². The molecule has 1 aromatic heterocycles. The van der Waals surface area contributed by atoms with Gasteiger partial charge < -0.3 is 4.74 Å². The fourth-order valence-corrected chi connectivity index (χ4v) is 3.78. The van der Waals surface area contributed by atoms with Crippen molar-refractivity contribution in [1.29, 1.82) is 0 Å². The predicted octanol–water partition coefficient (Wildman–Crippen LogP) is 4.13. The van der Waals surface area contributed by atoms with E-state index in [0.29, 0.717) is 23.9 Å². The molecule has 0 aliphatic carbocycles. The van der Waals surface area contributed by atoms with Crippen molar-refractivity contribution in [2.24, 2.45) is 5.92 Å². The van der Waals surface area contributed by atoms with Crippen LogP contribution in [0.1, 0.15) is 19.4 Å². The summed E-state index contributed by atoms with van der Waals surface area (Å²) in [6.45, 7) is 6.72. The number of imidazole rings is 1. The largest absolute Gasteiger partial charge is 0.493 e. The van der Waals surface area contributed by atoms with E-state index in [1.165, 1.54) is 16.4 Å². The van der Waals surface area contributed by atoms with Crippen LogP contribution in [0.4, 0.5) is 0 Å². The molecule has 0 unspecified atom stereocenters. The first-order chi connectivity index (χ1) is 12.4. The molecule has 0 radical (unpaired) electrons. The first-order valence-electron chi connectivity index (χ1n) is 8.47. The van der Waals surface area contributed by atoms with Crippen molar-refractivity contribution in [1.82, 2.24) is 8.96 Å². The predicted molar refractivity (Wildman–Crippen MR) is 102 cm³/mol. The minimum absolute atomic E-state index is 0.235. The highest BCUT2D eigenvalue weighted by Crippen LogP contribution is 2.25. The highest BCUT2D eigenvalue weighted by molar-refractivity contribution is 7.90. The summed E-state index contributed by atoms with van der Waals surface area (Å²) in [5.74, 6) is 1.57. The summed E-state index contributed by atoms with van der Waals surface area (Å²) in [7, 11) is -3.70. The summed E-state index contributed by atoms with van der Waals surface area (Å²) in [5, 5.41) is 0. The van der Waals surface area contributed by atoms with Crippen LogP contribution in [0.3, 0.4) is 0 Å². The average Bonchev–Trinajstić information content (AvgIpc) is 3.11. The zero-order chi connectivity index (χ0) is 18.7. The monoisotopic (exact) mass is 370 g/mol. The topological polar surface area (TPSA) is 61.2 Å². The van der Waals surface area contributed by atoms with Crippen LogP contribution in [-0.2, 0) is 10.0 Å². The van der Waals surface area contributed by atoms with E-state index >= 15 is 0 Å². The third-order valence-electron chi connectivity index (χ3n) is 3.88. The number of aryl methyl sites for hydroxylation is 1. The lowest BCUT2D eigenvalue weighted by Gasteiger charge is -2.11. The van der Waals surface area contributed by atoms with E-state index in [0.717, 1.165) is 11.3 Å². The molecule has 26 heavy (non-hydrogen) atoms. The second kappa shape index (κ2) is 7.33. The van der Waals surface area contributed by atoms with Gasteiger partial charge in [0, 0.05) is 18.0 Å². The molecule has 3 rings (SSSR count). The molecule has 1 heterocycles. The number of benzene rings is 2. The molecule has 0 spiro atoms. The van der Waals surface area contributed by atoms with Crippen LogP contribution in [0, 0.1) is 12.8 Å². The van der Waals surface area contributed by atoms with Crippen molar-refractivity contribution in [2.75, 3.05) is 6.61 Å². The Hall–Kier alpha value is -2.60. The molecule has 3 aromatic rings. The van der Waals surface area contributed by atoms with Crippen molar-refractivity contribution < 1.29 is 13.2 Å². The Bertz CT molecular complexity index is 973. The van der Waals surface area contributed by atoms with Gasteiger partial charge in [-0.3, -0.25) is 0 Å². The molecular formula is C20H22N2O3S. The average molecular weight is 370 g/mol. The lowest BCUT2D eigenvalue weighted by atomic mass is 10.2. The maximum Gasteiger partial charge on any atom is 0.269 e. The first-order valence-corrected chi connectivity index (χ1v) is 9.91. The molecule has 5 nitrogen and oxygen atoms in total. The quantitative estimate of drug-likeness (QED) is 0.654. The second-order valence-corrected chi connectivity index (χ2v) is 8.41. The van der Waals surface area contributed by atoms with Gasteiger partial charge in [-0.1, -0.05) is 31.5 Å². The van der Waals surface area contributed by atoms with Gasteiger partial charge in [-0.05, 0) is 49.2 Å². The van der Waals surface area contributed by atoms with Gasteiger partial charge in [-0.25, -0.2) is 17.4 Å². The Morgan fingerprint density at radius 1 is 1.04 bits per heavy atom. The zero-order valence-electron chi connectivity index (χ0n) is 15.1. The second-order valence-electron chi connectivity index (χ2n) is 6.59. The summed E-state index contributed by atoms with van der Waals surface area (Å²) in [6, 6.07) is 14.1. The Kier molecular flexibility index (Phi) is 5.13. The fraction of sp³-hybridized carbons (Fsp3) is 0.250. The Morgan fingerprint density at radius 3 is 2.31 bits per heavy atom. The van der Waals surface area contributed by atoms with Gasteiger partial charge in [0.2, 0.25) is 0 Å². The molecule has 136 valence electrons. The number of nitrogens with zero attached hydrogens (tertiary/aromatic N) is 2. The molecule has 2 aromatic carbocycles. The molecule has 0 N–H and O–H groups in total. The lowest BCUT2D eigenvalue weighted by Crippen LogP contribution is -2.13. The summed E-state index contributed by atoms with van der Waals surface area (Å²) in [4.78, 5) is 4.48. The molecule has 0 saturated heterocycles. The van der Waals surface area contributed by atoms with E-state index in [9.17, 15) is 8.42 Å². The van der Waals surface area contributed by atoms with Crippen molar-refractivity contribution in [3.8, 4) is 17.1 Å². The number of hydrogen-bond acceptors (Lipinski definition) is 4. The molecule has 0 aliphatic heterocycles. The number of hydrogen-bond donors (Lipinski definition) is 0. The highest BCUT2D eigenvalue weighted by atomic mass is 32.2. The Labute approximate surface area is 154 Å². The van der Waals surface area contributed by atoms with Gasteiger partial charge in [-0.15, -0.1) is 0 Å².